The molecule has 2 aliphatic heterocycles. The molecule has 0 radical (unpaired) electrons. The molecule has 0 saturated carbocycles. The Morgan fingerprint density at radius 3 is 2.61 bits per heavy atom. The Hall–Kier alpha value is -2.46. The smallest absolute Gasteiger partial charge is 0.350 e. The first-order chi connectivity index (χ1) is 18.2. The topological polar surface area (TPSA) is 62.6 Å². The molecule has 11 heteroatoms. The Kier molecular flexibility index (Phi) is 7.82. The van der Waals surface area contributed by atoms with Gasteiger partial charge in [-0.25, -0.2) is 13.6 Å². The fourth-order valence-corrected chi connectivity index (χ4v) is 5.79. The number of aromatic nitrogens is 2. The number of ether oxygens (including phenoxy) is 1. The van der Waals surface area contributed by atoms with E-state index in [1.807, 2.05) is 7.05 Å². The zero-order valence-electron chi connectivity index (χ0n) is 21.7. The van der Waals surface area contributed by atoms with Gasteiger partial charge in [0.2, 0.25) is 0 Å². The average Bonchev–Trinajstić information content (AvgIpc) is 2.90. The number of hydrogen-bond acceptors (Lipinski definition) is 6. The zero-order valence-corrected chi connectivity index (χ0v) is 23.2. The second-order valence-electron chi connectivity index (χ2n) is 10.2. The molecule has 0 bridgehead atoms. The first-order valence-corrected chi connectivity index (χ1v) is 13.6. The number of anilines is 1. The first kappa shape index (κ1) is 27.1. The number of benzene rings is 2. The van der Waals surface area contributed by atoms with E-state index in [1.54, 1.807) is 10.6 Å². The second-order valence-corrected chi connectivity index (χ2v) is 11.1. The van der Waals surface area contributed by atoms with E-state index in [2.05, 4.69) is 33.9 Å². The highest BCUT2D eigenvalue weighted by molar-refractivity contribution is 6.35. The molecule has 2 aliphatic rings. The lowest BCUT2D eigenvalue weighted by Gasteiger charge is -2.39. The number of rotatable bonds is 2. The Morgan fingerprint density at radius 2 is 1.82 bits per heavy atom. The Balaban J connectivity index is 1.84. The predicted octanol–water partition coefficient (Wildman–Crippen LogP) is 4.94. The fraction of sp³-hybridized carbons (Fsp3) is 0.481. The van der Waals surface area contributed by atoms with Crippen molar-refractivity contribution in [2.45, 2.75) is 45.3 Å². The fourth-order valence-electron chi connectivity index (χ4n) is 5.33. The summed E-state index contributed by atoms with van der Waals surface area (Å²) in [4.78, 5) is 22.4. The third-order valence-corrected chi connectivity index (χ3v) is 7.91. The molecular formula is C27H31Cl2F2N5O2. The molecule has 2 aromatic carbocycles. The summed E-state index contributed by atoms with van der Waals surface area (Å²) in [6.07, 6.45) is 1.42. The van der Waals surface area contributed by atoms with Gasteiger partial charge in [0.05, 0.1) is 22.2 Å². The van der Waals surface area contributed by atoms with Gasteiger partial charge in [0.25, 0.3) is 0 Å². The first-order valence-electron chi connectivity index (χ1n) is 12.9. The number of halogens is 4. The largest absolute Gasteiger partial charge is 0.491 e. The lowest BCUT2D eigenvalue weighted by atomic mass is 10.00. The zero-order chi connectivity index (χ0) is 27.1. The van der Waals surface area contributed by atoms with Crippen molar-refractivity contribution >= 4 is 39.9 Å². The number of hydrogen-bond donors (Lipinski definition) is 1. The van der Waals surface area contributed by atoms with Crippen LogP contribution >= 0.6 is 23.2 Å². The summed E-state index contributed by atoms with van der Waals surface area (Å²) in [7, 11) is 2.02. The van der Waals surface area contributed by atoms with Crippen molar-refractivity contribution in [3.63, 3.8) is 0 Å². The Morgan fingerprint density at radius 1 is 1.05 bits per heavy atom. The van der Waals surface area contributed by atoms with Gasteiger partial charge in [0.15, 0.2) is 5.75 Å². The minimum atomic E-state index is -0.869. The van der Waals surface area contributed by atoms with Crippen LogP contribution in [0.15, 0.2) is 23.0 Å². The standard InChI is InChI=1S/C27H31Cl2F2N5O2/c1-15-14-36(16(2)13-32-15)26-18-11-20(29)23(17-10-19(28)22(31)12-21(17)30)25-24(18)35(27(37)33-26)8-4-6-34(3)7-5-9-38-25/h10-12,15-16,32H,4-9,13-14H2,1-3H3/t15-,16+/m1/s1. The lowest BCUT2D eigenvalue weighted by Crippen LogP contribution is -2.55. The van der Waals surface area contributed by atoms with E-state index in [4.69, 9.17) is 27.9 Å². The van der Waals surface area contributed by atoms with E-state index >= 15 is 4.39 Å². The van der Waals surface area contributed by atoms with Gasteiger partial charge < -0.3 is 19.9 Å². The Labute approximate surface area is 230 Å². The van der Waals surface area contributed by atoms with Crippen LogP contribution in [0.3, 0.4) is 0 Å². The lowest BCUT2D eigenvalue weighted by molar-refractivity contribution is 0.264. The number of nitrogens with zero attached hydrogens (tertiary/aromatic N) is 4. The molecule has 0 spiro atoms. The molecule has 0 aliphatic carbocycles. The quantitative estimate of drug-likeness (QED) is 0.444. The monoisotopic (exact) mass is 565 g/mol. The minimum absolute atomic E-state index is 0.00631. The molecule has 0 unspecified atom stereocenters. The van der Waals surface area contributed by atoms with Crippen molar-refractivity contribution in [3.8, 4) is 16.9 Å². The van der Waals surface area contributed by atoms with Crippen LogP contribution in [0.1, 0.15) is 26.7 Å². The molecule has 3 aromatic rings. The van der Waals surface area contributed by atoms with Crippen LogP contribution in [0.25, 0.3) is 22.0 Å². The van der Waals surface area contributed by atoms with E-state index in [0.29, 0.717) is 49.3 Å². The molecule has 2 atom stereocenters. The van der Waals surface area contributed by atoms with Crippen LogP contribution in [0.2, 0.25) is 10.0 Å². The van der Waals surface area contributed by atoms with E-state index < -0.39 is 17.3 Å². The van der Waals surface area contributed by atoms with Gasteiger partial charge in [0, 0.05) is 60.8 Å². The second kappa shape index (κ2) is 11.0. The van der Waals surface area contributed by atoms with E-state index in [1.165, 1.54) is 6.07 Å². The maximum absolute atomic E-state index is 15.2. The van der Waals surface area contributed by atoms with Crippen molar-refractivity contribution in [1.29, 1.82) is 0 Å². The molecule has 0 amide bonds. The molecule has 38 heavy (non-hydrogen) atoms. The van der Waals surface area contributed by atoms with Gasteiger partial charge in [-0.2, -0.15) is 4.98 Å². The summed E-state index contributed by atoms with van der Waals surface area (Å²) >= 11 is 12.9. The van der Waals surface area contributed by atoms with Gasteiger partial charge in [-0.15, -0.1) is 0 Å². The van der Waals surface area contributed by atoms with Crippen molar-refractivity contribution in [2.24, 2.45) is 0 Å². The Bertz CT molecular complexity index is 1430. The SMILES string of the molecule is C[C@@H]1CN(c2nc(=O)n3c4c(c(-c5cc(Cl)c(F)cc5F)c(Cl)cc24)OCCCN(C)CCC3)[C@@H](C)CN1. The van der Waals surface area contributed by atoms with Crippen LogP contribution < -0.4 is 20.6 Å². The van der Waals surface area contributed by atoms with Crippen LogP contribution in [0, 0.1) is 11.6 Å². The predicted molar refractivity (Wildman–Crippen MR) is 148 cm³/mol. The molecule has 1 saturated heterocycles. The summed E-state index contributed by atoms with van der Waals surface area (Å²) in [6.45, 7) is 7.82. The van der Waals surface area contributed by atoms with Gasteiger partial charge in [-0.3, -0.25) is 4.57 Å². The molecular weight excluding hydrogens is 535 g/mol. The van der Waals surface area contributed by atoms with E-state index in [-0.39, 0.29) is 39.0 Å². The molecule has 1 fully saturated rings. The van der Waals surface area contributed by atoms with Crippen LogP contribution in [-0.2, 0) is 6.54 Å². The molecule has 7 nitrogen and oxygen atoms in total. The molecule has 1 N–H and O–H groups in total. The van der Waals surface area contributed by atoms with Crippen molar-refractivity contribution in [1.82, 2.24) is 19.8 Å². The van der Waals surface area contributed by atoms with E-state index in [0.717, 1.165) is 25.7 Å². The molecule has 5 rings (SSSR count). The van der Waals surface area contributed by atoms with E-state index in [9.17, 15) is 9.18 Å². The van der Waals surface area contributed by atoms with Crippen molar-refractivity contribution < 1.29 is 13.5 Å². The number of aryl methyl sites for hydroxylation is 1. The molecule has 1 aromatic heterocycles. The average molecular weight is 566 g/mol. The third-order valence-electron chi connectivity index (χ3n) is 7.32. The summed E-state index contributed by atoms with van der Waals surface area (Å²) in [6, 6.07) is 3.92. The van der Waals surface area contributed by atoms with Gasteiger partial charge in [0.1, 0.15) is 17.5 Å². The number of nitrogens with one attached hydrogen (secondary N) is 1. The van der Waals surface area contributed by atoms with Crippen LogP contribution in [0.4, 0.5) is 14.6 Å². The summed E-state index contributed by atoms with van der Waals surface area (Å²) in [5, 5.41) is 4.06. The third kappa shape index (κ3) is 5.09. The number of piperazine rings is 1. The van der Waals surface area contributed by atoms with Gasteiger partial charge >= 0.3 is 5.69 Å². The summed E-state index contributed by atoms with van der Waals surface area (Å²) < 4.78 is 37.2. The highest BCUT2D eigenvalue weighted by Crippen LogP contribution is 2.46. The maximum atomic E-state index is 15.2. The highest BCUT2D eigenvalue weighted by atomic mass is 35.5. The molecule has 204 valence electrons. The van der Waals surface area contributed by atoms with Crippen LogP contribution in [0.5, 0.6) is 5.75 Å². The van der Waals surface area contributed by atoms with Crippen molar-refractivity contribution in [3.05, 3.63) is 50.4 Å². The van der Waals surface area contributed by atoms with Gasteiger partial charge in [-0.1, -0.05) is 23.2 Å². The highest BCUT2D eigenvalue weighted by Gasteiger charge is 2.30. The summed E-state index contributed by atoms with van der Waals surface area (Å²) in [5.74, 6) is -0.901. The summed E-state index contributed by atoms with van der Waals surface area (Å²) in [5.41, 5.74) is 0.329. The van der Waals surface area contributed by atoms with Crippen molar-refractivity contribution in [2.75, 3.05) is 44.7 Å². The normalized spacial score (nSPS) is 21.3. The minimum Gasteiger partial charge on any atom is -0.491 e. The van der Waals surface area contributed by atoms with Gasteiger partial charge in [-0.05, 0) is 52.4 Å². The maximum Gasteiger partial charge on any atom is 0.350 e. The molecule has 3 heterocycles. The van der Waals surface area contributed by atoms with Crippen LogP contribution in [-0.4, -0.2) is 66.4 Å².